The molecule has 132 valence electrons. The van der Waals surface area contributed by atoms with Crippen LogP contribution in [0.4, 0.5) is 5.69 Å². The van der Waals surface area contributed by atoms with Crippen LogP contribution in [0.25, 0.3) is 11.1 Å². The maximum Gasteiger partial charge on any atom is 0.316 e. The lowest BCUT2D eigenvalue weighted by atomic mass is 10.2. The van der Waals surface area contributed by atoms with Gasteiger partial charge in [-0.05, 0) is 30.2 Å². The van der Waals surface area contributed by atoms with Gasteiger partial charge in [0, 0.05) is 12.2 Å². The molecule has 0 N–H and O–H groups in total. The number of para-hydroxylation sites is 3. The summed E-state index contributed by atoms with van der Waals surface area (Å²) < 4.78 is 10.6. The molecule has 1 aliphatic heterocycles. The zero-order chi connectivity index (χ0) is 17.9. The highest BCUT2D eigenvalue weighted by Gasteiger charge is 2.24. The van der Waals surface area contributed by atoms with E-state index in [1.54, 1.807) is 4.90 Å². The van der Waals surface area contributed by atoms with Crippen molar-refractivity contribution < 1.29 is 18.7 Å². The Balaban J connectivity index is 1.28. The van der Waals surface area contributed by atoms with E-state index in [1.807, 2.05) is 48.5 Å². The number of carbonyl (C=O) groups excluding carboxylic acids is 2. The Morgan fingerprint density at radius 2 is 1.96 bits per heavy atom. The number of anilines is 1. The molecule has 7 heteroatoms. The third kappa shape index (κ3) is 3.43. The van der Waals surface area contributed by atoms with Gasteiger partial charge in [-0.15, -0.1) is 0 Å². The van der Waals surface area contributed by atoms with E-state index in [4.69, 9.17) is 9.15 Å². The molecule has 1 aromatic heterocycles. The number of nitrogens with zero attached hydrogens (tertiary/aromatic N) is 2. The highest BCUT2D eigenvalue weighted by Crippen LogP contribution is 2.27. The lowest BCUT2D eigenvalue weighted by molar-refractivity contribution is -0.145. The summed E-state index contributed by atoms with van der Waals surface area (Å²) in [7, 11) is 0. The molecule has 1 amide bonds. The van der Waals surface area contributed by atoms with Crippen molar-refractivity contribution in [3.63, 3.8) is 0 Å². The number of ether oxygens (including phenoxy) is 1. The molecule has 4 rings (SSSR count). The molecule has 0 fully saturated rings. The summed E-state index contributed by atoms with van der Waals surface area (Å²) >= 11 is 1.15. The SMILES string of the molecule is O=C(CSc1nc2ccccc2o1)OCC(=O)N1CCc2ccccc21. The minimum Gasteiger partial charge on any atom is -0.455 e. The molecule has 0 spiro atoms. The van der Waals surface area contributed by atoms with Gasteiger partial charge in [0.1, 0.15) is 11.3 Å². The summed E-state index contributed by atoms with van der Waals surface area (Å²) in [5, 5.41) is 0.406. The number of benzene rings is 2. The smallest absolute Gasteiger partial charge is 0.316 e. The first-order chi connectivity index (χ1) is 12.7. The molecule has 0 saturated carbocycles. The average molecular weight is 368 g/mol. The van der Waals surface area contributed by atoms with Crippen molar-refractivity contribution in [2.24, 2.45) is 0 Å². The van der Waals surface area contributed by atoms with Crippen molar-refractivity contribution in [3.05, 3.63) is 54.1 Å². The summed E-state index contributed by atoms with van der Waals surface area (Å²) in [5.74, 6) is -0.648. The van der Waals surface area contributed by atoms with E-state index in [2.05, 4.69) is 4.98 Å². The van der Waals surface area contributed by atoms with Crippen molar-refractivity contribution >= 4 is 40.4 Å². The minimum absolute atomic E-state index is 0.0384. The zero-order valence-corrected chi connectivity index (χ0v) is 14.7. The molecule has 0 radical (unpaired) electrons. The van der Waals surface area contributed by atoms with Crippen LogP contribution >= 0.6 is 11.8 Å². The Morgan fingerprint density at radius 1 is 1.15 bits per heavy atom. The van der Waals surface area contributed by atoms with Crippen LogP contribution in [0.5, 0.6) is 0 Å². The van der Waals surface area contributed by atoms with Crippen molar-refractivity contribution in [3.8, 4) is 0 Å². The lowest BCUT2D eigenvalue weighted by Gasteiger charge is -2.17. The van der Waals surface area contributed by atoms with Crippen LogP contribution in [0.1, 0.15) is 5.56 Å². The number of carbonyl (C=O) groups is 2. The van der Waals surface area contributed by atoms with Gasteiger partial charge >= 0.3 is 5.97 Å². The number of aromatic nitrogens is 1. The Bertz CT molecular complexity index is 936. The highest BCUT2D eigenvalue weighted by molar-refractivity contribution is 7.99. The molecule has 0 unspecified atom stereocenters. The molecule has 1 aliphatic rings. The molecule has 0 bridgehead atoms. The Morgan fingerprint density at radius 3 is 2.85 bits per heavy atom. The van der Waals surface area contributed by atoms with Crippen molar-refractivity contribution in [1.29, 1.82) is 0 Å². The maximum atomic E-state index is 12.3. The molecule has 0 aliphatic carbocycles. The molecule has 0 atom stereocenters. The molecule has 26 heavy (non-hydrogen) atoms. The largest absolute Gasteiger partial charge is 0.455 e. The number of oxazole rings is 1. The van der Waals surface area contributed by atoms with Crippen molar-refractivity contribution in [1.82, 2.24) is 4.98 Å². The number of fused-ring (bicyclic) bond motifs is 2. The number of rotatable bonds is 5. The van der Waals surface area contributed by atoms with Gasteiger partial charge in [-0.25, -0.2) is 4.98 Å². The molecular weight excluding hydrogens is 352 g/mol. The molecule has 0 saturated heterocycles. The number of thioether (sulfide) groups is 1. The van der Waals surface area contributed by atoms with E-state index >= 15 is 0 Å². The van der Waals surface area contributed by atoms with Crippen LogP contribution in [0.3, 0.4) is 0 Å². The number of amides is 1. The van der Waals surface area contributed by atoms with Crippen LogP contribution in [0.2, 0.25) is 0 Å². The van der Waals surface area contributed by atoms with E-state index in [0.717, 1.165) is 35.0 Å². The van der Waals surface area contributed by atoms with Gasteiger partial charge in [-0.1, -0.05) is 42.1 Å². The first-order valence-corrected chi connectivity index (χ1v) is 9.21. The maximum absolute atomic E-state index is 12.3. The van der Waals surface area contributed by atoms with Gasteiger partial charge in [0.25, 0.3) is 11.1 Å². The minimum atomic E-state index is -0.474. The number of hydrogen-bond donors (Lipinski definition) is 0. The average Bonchev–Trinajstić information content (AvgIpc) is 3.28. The number of hydrogen-bond acceptors (Lipinski definition) is 6. The monoisotopic (exact) mass is 368 g/mol. The van der Waals surface area contributed by atoms with Crippen LogP contribution in [0, 0.1) is 0 Å². The van der Waals surface area contributed by atoms with Crippen LogP contribution < -0.4 is 4.90 Å². The summed E-state index contributed by atoms with van der Waals surface area (Å²) in [6.45, 7) is 0.356. The van der Waals surface area contributed by atoms with Crippen molar-refractivity contribution in [2.75, 3.05) is 23.8 Å². The van der Waals surface area contributed by atoms with Crippen LogP contribution in [-0.4, -0.2) is 35.8 Å². The quantitative estimate of drug-likeness (QED) is 0.509. The second-order valence-corrected chi connectivity index (χ2v) is 6.75. The third-order valence-electron chi connectivity index (χ3n) is 4.13. The zero-order valence-electron chi connectivity index (χ0n) is 13.9. The summed E-state index contributed by atoms with van der Waals surface area (Å²) in [6, 6.07) is 15.2. The van der Waals surface area contributed by atoms with Gasteiger partial charge in [-0.3, -0.25) is 9.59 Å². The van der Waals surface area contributed by atoms with Crippen LogP contribution in [0.15, 0.2) is 58.2 Å². The fraction of sp³-hybridized carbons (Fsp3) is 0.211. The fourth-order valence-electron chi connectivity index (χ4n) is 2.89. The summed E-state index contributed by atoms with van der Waals surface area (Å²) in [5.41, 5.74) is 3.45. The van der Waals surface area contributed by atoms with E-state index < -0.39 is 5.97 Å². The molecule has 6 nitrogen and oxygen atoms in total. The van der Waals surface area contributed by atoms with Gasteiger partial charge in [0.15, 0.2) is 12.2 Å². The molecule has 3 aromatic rings. The predicted octanol–water partition coefficient (Wildman–Crippen LogP) is 3.05. The molecule has 2 heterocycles. The van der Waals surface area contributed by atoms with E-state index in [1.165, 1.54) is 0 Å². The van der Waals surface area contributed by atoms with E-state index in [-0.39, 0.29) is 18.3 Å². The van der Waals surface area contributed by atoms with Crippen LogP contribution in [-0.2, 0) is 20.7 Å². The second-order valence-electron chi connectivity index (χ2n) is 5.82. The van der Waals surface area contributed by atoms with E-state index in [9.17, 15) is 9.59 Å². The second kappa shape index (κ2) is 7.21. The Kier molecular flexibility index (Phi) is 4.62. The van der Waals surface area contributed by atoms with Gasteiger partial charge in [0.2, 0.25) is 0 Å². The number of esters is 1. The first kappa shape index (κ1) is 16.7. The molecular formula is C19H16N2O4S. The fourth-order valence-corrected chi connectivity index (χ4v) is 3.53. The summed E-state index contributed by atoms with van der Waals surface area (Å²) in [6.07, 6.45) is 0.823. The van der Waals surface area contributed by atoms with Gasteiger partial charge in [0.05, 0.1) is 0 Å². The van der Waals surface area contributed by atoms with Crippen molar-refractivity contribution in [2.45, 2.75) is 11.6 Å². The predicted molar refractivity (Wildman–Crippen MR) is 98.2 cm³/mol. The lowest BCUT2D eigenvalue weighted by Crippen LogP contribution is -2.33. The first-order valence-electron chi connectivity index (χ1n) is 8.23. The standard InChI is InChI=1S/C19H16N2O4S/c22-17(21-10-9-13-5-1-3-7-15(13)21)11-24-18(23)12-26-19-20-14-6-2-4-8-16(14)25-19/h1-8H,9-12H2. The van der Waals surface area contributed by atoms with Gasteiger partial charge < -0.3 is 14.1 Å². The Hall–Kier alpha value is -2.80. The topological polar surface area (TPSA) is 72.6 Å². The third-order valence-corrected chi connectivity index (χ3v) is 4.93. The van der Waals surface area contributed by atoms with Gasteiger partial charge in [-0.2, -0.15) is 0 Å². The molecule has 2 aromatic carbocycles. The highest BCUT2D eigenvalue weighted by atomic mass is 32.2. The normalized spacial score (nSPS) is 13.0. The van der Waals surface area contributed by atoms with E-state index in [0.29, 0.717) is 17.4 Å². The summed E-state index contributed by atoms with van der Waals surface area (Å²) in [4.78, 5) is 30.2. The Labute approximate surface area is 154 Å².